The Balaban J connectivity index is 2.24. The minimum atomic E-state index is -0.0990. The van der Waals surface area contributed by atoms with Crippen LogP contribution in [0.4, 0.5) is 0 Å². The molecule has 1 heterocycles. The number of rotatable bonds is 1. The van der Waals surface area contributed by atoms with E-state index in [4.69, 9.17) is 5.11 Å². The Hall–Kier alpha value is -1.97. The molecular formula is C10H10N2O2. The zero-order valence-electron chi connectivity index (χ0n) is 7.45. The van der Waals surface area contributed by atoms with Gasteiger partial charge in [-0.05, 0) is 23.8 Å². The first-order chi connectivity index (χ1) is 6.75. The van der Waals surface area contributed by atoms with Crippen molar-refractivity contribution in [3.05, 3.63) is 35.5 Å². The second-order valence-corrected chi connectivity index (χ2v) is 3.01. The highest BCUT2D eigenvalue weighted by molar-refractivity contribution is 5.98. The smallest absolute Gasteiger partial charge is 0.268 e. The van der Waals surface area contributed by atoms with Gasteiger partial charge in [0.25, 0.3) is 5.91 Å². The summed E-state index contributed by atoms with van der Waals surface area (Å²) in [6, 6.07) is 6.66. The third-order valence-corrected chi connectivity index (χ3v) is 1.98. The fourth-order valence-electron chi connectivity index (χ4n) is 1.25. The number of amides is 1. The lowest BCUT2D eigenvalue weighted by Gasteiger charge is -1.96. The zero-order valence-corrected chi connectivity index (χ0v) is 7.45. The molecule has 4 nitrogen and oxygen atoms in total. The highest BCUT2D eigenvalue weighted by Gasteiger charge is 2.14. The topological polar surface area (TPSA) is 61.4 Å². The summed E-state index contributed by atoms with van der Waals surface area (Å²) in [4.78, 5) is 11.2. The van der Waals surface area contributed by atoms with Crippen LogP contribution < -0.4 is 10.6 Å². The van der Waals surface area contributed by atoms with Crippen molar-refractivity contribution in [2.75, 3.05) is 6.67 Å². The Kier molecular flexibility index (Phi) is 2.10. The van der Waals surface area contributed by atoms with Crippen molar-refractivity contribution in [2.45, 2.75) is 0 Å². The number of benzene rings is 1. The molecule has 4 heteroatoms. The molecule has 1 aliphatic heterocycles. The molecular weight excluding hydrogens is 180 g/mol. The molecule has 0 atom stereocenters. The molecule has 0 bridgehead atoms. The summed E-state index contributed by atoms with van der Waals surface area (Å²) in [6.45, 7) is 0.475. The molecule has 0 unspecified atom stereocenters. The molecule has 0 spiro atoms. The van der Waals surface area contributed by atoms with Gasteiger partial charge in [-0.2, -0.15) is 0 Å². The minimum Gasteiger partial charge on any atom is -0.508 e. The molecule has 1 aliphatic rings. The van der Waals surface area contributed by atoms with E-state index in [1.165, 1.54) is 0 Å². The molecule has 1 fully saturated rings. The van der Waals surface area contributed by atoms with Crippen molar-refractivity contribution in [3.8, 4) is 5.75 Å². The van der Waals surface area contributed by atoms with Gasteiger partial charge in [0.15, 0.2) is 0 Å². The minimum absolute atomic E-state index is 0.0990. The second-order valence-electron chi connectivity index (χ2n) is 3.01. The number of carbonyl (C=O) groups excluding carboxylic acids is 1. The van der Waals surface area contributed by atoms with E-state index in [1.807, 2.05) is 0 Å². The van der Waals surface area contributed by atoms with Crippen molar-refractivity contribution >= 4 is 12.0 Å². The average Bonchev–Trinajstić information content (AvgIpc) is 2.56. The Bertz CT molecular complexity index is 382. The standard InChI is InChI=1S/C10H10N2O2/c13-8-3-1-7(2-4-8)5-9-10(14)12-6-11-9/h1-5,11,13H,6H2,(H,12,14). The van der Waals surface area contributed by atoms with Gasteiger partial charge in [0.2, 0.25) is 0 Å². The molecule has 3 N–H and O–H groups in total. The van der Waals surface area contributed by atoms with E-state index >= 15 is 0 Å². The predicted octanol–water partition coefficient (Wildman–Crippen LogP) is 0.410. The molecule has 0 aliphatic carbocycles. The molecule has 2 rings (SSSR count). The largest absolute Gasteiger partial charge is 0.508 e. The van der Waals surface area contributed by atoms with Crippen molar-refractivity contribution < 1.29 is 9.90 Å². The van der Waals surface area contributed by atoms with Gasteiger partial charge < -0.3 is 15.7 Å². The first kappa shape index (κ1) is 8.62. The molecule has 0 radical (unpaired) electrons. The van der Waals surface area contributed by atoms with Gasteiger partial charge in [0, 0.05) is 0 Å². The van der Waals surface area contributed by atoms with Crippen molar-refractivity contribution in [1.29, 1.82) is 0 Å². The van der Waals surface area contributed by atoms with E-state index in [1.54, 1.807) is 30.3 Å². The number of carbonyl (C=O) groups is 1. The van der Waals surface area contributed by atoms with Crippen molar-refractivity contribution in [1.82, 2.24) is 10.6 Å². The van der Waals surface area contributed by atoms with Crippen LogP contribution in [0.2, 0.25) is 0 Å². The highest BCUT2D eigenvalue weighted by atomic mass is 16.3. The molecule has 1 aromatic carbocycles. The molecule has 1 aromatic rings. The van der Waals surface area contributed by atoms with Crippen LogP contribution in [0, 0.1) is 0 Å². The van der Waals surface area contributed by atoms with Crippen LogP contribution in [-0.4, -0.2) is 17.7 Å². The third kappa shape index (κ3) is 1.69. The summed E-state index contributed by atoms with van der Waals surface area (Å²) >= 11 is 0. The lowest BCUT2D eigenvalue weighted by Crippen LogP contribution is -2.14. The summed E-state index contributed by atoms with van der Waals surface area (Å²) in [5.74, 6) is 0.119. The fraction of sp³-hybridized carbons (Fsp3) is 0.100. The predicted molar refractivity (Wildman–Crippen MR) is 52.2 cm³/mol. The van der Waals surface area contributed by atoms with Crippen LogP contribution in [0.25, 0.3) is 6.08 Å². The normalized spacial score (nSPS) is 18.0. The van der Waals surface area contributed by atoms with E-state index < -0.39 is 0 Å². The summed E-state index contributed by atoms with van der Waals surface area (Å²) in [5, 5.41) is 14.6. The van der Waals surface area contributed by atoms with Gasteiger partial charge in [0.05, 0.1) is 6.67 Å². The number of phenols is 1. The molecule has 0 saturated carbocycles. The highest BCUT2D eigenvalue weighted by Crippen LogP contribution is 2.12. The van der Waals surface area contributed by atoms with Gasteiger partial charge in [-0.3, -0.25) is 4.79 Å². The number of hydrogen-bond donors (Lipinski definition) is 3. The SMILES string of the molecule is O=C1NCNC1=Cc1ccc(O)cc1. The number of aromatic hydroxyl groups is 1. The zero-order chi connectivity index (χ0) is 9.97. The van der Waals surface area contributed by atoms with Gasteiger partial charge in [0.1, 0.15) is 11.4 Å². The maximum atomic E-state index is 11.2. The van der Waals surface area contributed by atoms with Crippen molar-refractivity contribution in [2.24, 2.45) is 0 Å². The van der Waals surface area contributed by atoms with Crippen LogP contribution in [0.1, 0.15) is 5.56 Å². The van der Waals surface area contributed by atoms with Crippen molar-refractivity contribution in [3.63, 3.8) is 0 Å². The Labute approximate surface area is 81.3 Å². The summed E-state index contributed by atoms with van der Waals surface area (Å²) < 4.78 is 0. The Morgan fingerprint density at radius 2 is 1.93 bits per heavy atom. The molecule has 72 valence electrons. The summed E-state index contributed by atoms with van der Waals surface area (Å²) in [6.07, 6.45) is 1.74. The first-order valence-corrected chi connectivity index (χ1v) is 4.28. The summed E-state index contributed by atoms with van der Waals surface area (Å²) in [5.41, 5.74) is 1.43. The Morgan fingerprint density at radius 1 is 1.21 bits per heavy atom. The maximum absolute atomic E-state index is 11.2. The number of hydrogen-bond acceptors (Lipinski definition) is 3. The quantitative estimate of drug-likeness (QED) is 0.562. The summed E-state index contributed by atoms with van der Waals surface area (Å²) in [7, 11) is 0. The van der Waals surface area contributed by atoms with E-state index in [2.05, 4.69) is 10.6 Å². The lowest BCUT2D eigenvalue weighted by atomic mass is 10.2. The van der Waals surface area contributed by atoms with Gasteiger partial charge >= 0.3 is 0 Å². The number of nitrogens with one attached hydrogen (secondary N) is 2. The Morgan fingerprint density at radius 3 is 2.50 bits per heavy atom. The van der Waals surface area contributed by atoms with E-state index in [0.717, 1.165) is 5.56 Å². The van der Waals surface area contributed by atoms with E-state index in [0.29, 0.717) is 12.4 Å². The maximum Gasteiger partial charge on any atom is 0.268 e. The van der Waals surface area contributed by atoms with E-state index in [-0.39, 0.29) is 11.7 Å². The van der Waals surface area contributed by atoms with Crippen LogP contribution in [-0.2, 0) is 4.79 Å². The molecule has 1 amide bonds. The van der Waals surface area contributed by atoms with Gasteiger partial charge in [-0.25, -0.2) is 0 Å². The monoisotopic (exact) mass is 190 g/mol. The lowest BCUT2D eigenvalue weighted by molar-refractivity contribution is -0.116. The molecule has 0 aromatic heterocycles. The van der Waals surface area contributed by atoms with Crippen LogP contribution >= 0.6 is 0 Å². The average molecular weight is 190 g/mol. The van der Waals surface area contributed by atoms with Crippen LogP contribution in [0.15, 0.2) is 30.0 Å². The van der Waals surface area contributed by atoms with Crippen LogP contribution in [0.5, 0.6) is 5.75 Å². The van der Waals surface area contributed by atoms with Gasteiger partial charge in [-0.1, -0.05) is 12.1 Å². The fourth-order valence-corrected chi connectivity index (χ4v) is 1.25. The van der Waals surface area contributed by atoms with Gasteiger partial charge in [-0.15, -0.1) is 0 Å². The van der Waals surface area contributed by atoms with E-state index in [9.17, 15) is 4.79 Å². The third-order valence-electron chi connectivity index (χ3n) is 1.98. The molecule has 1 saturated heterocycles. The van der Waals surface area contributed by atoms with Crippen LogP contribution in [0.3, 0.4) is 0 Å². The number of phenolic OH excluding ortho intramolecular Hbond substituents is 1. The molecule has 14 heavy (non-hydrogen) atoms. The first-order valence-electron chi connectivity index (χ1n) is 4.28. The second kappa shape index (κ2) is 3.41.